The van der Waals surface area contributed by atoms with Gasteiger partial charge in [0.15, 0.2) is 17.3 Å². The van der Waals surface area contributed by atoms with Crippen molar-refractivity contribution in [1.29, 1.82) is 0 Å². The monoisotopic (exact) mass is 381 g/mol. The highest BCUT2D eigenvalue weighted by Crippen LogP contribution is 2.42. The molecule has 0 saturated carbocycles. The van der Waals surface area contributed by atoms with Crippen molar-refractivity contribution in [3.63, 3.8) is 0 Å². The van der Waals surface area contributed by atoms with Crippen molar-refractivity contribution >= 4 is 11.9 Å². The Morgan fingerprint density at radius 2 is 2.07 bits per heavy atom. The summed E-state index contributed by atoms with van der Waals surface area (Å²) in [4.78, 5) is 16.8. The Hall–Kier alpha value is -3.75. The van der Waals surface area contributed by atoms with Crippen LogP contribution in [0.3, 0.4) is 0 Å². The van der Waals surface area contributed by atoms with Crippen LogP contribution in [0.1, 0.15) is 18.5 Å². The molecule has 1 aromatic carbocycles. The van der Waals surface area contributed by atoms with Gasteiger partial charge in [-0.2, -0.15) is 4.98 Å². The summed E-state index contributed by atoms with van der Waals surface area (Å²) in [5.41, 5.74) is 7.34. The van der Waals surface area contributed by atoms with Gasteiger partial charge in [0.2, 0.25) is 17.7 Å². The molecule has 3 N–H and O–H groups in total. The Morgan fingerprint density at radius 3 is 2.71 bits per heavy atom. The number of furan rings is 1. The average Bonchev–Trinajstić information content (AvgIpc) is 3.35. The molecule has 3 heterocycles. The lowest BCUT2D eigenvalue weighted by atomic mass is 9.94. The van der Waals surface area contributed by atoms with E-state index in [1.807, 2.05) is 12.1 Å². The normalized spacial score (nSPS) is 15.8. The first kappa shape index (κ1) is 17.7. The summed E-state index contributed by atoms with van der Waals surface area (Å²) in [6.07, 6.45) is 1.55. The van der Waals surface area contributed by atoms with Crippen LogP contribution in [0.5, 0.6) is 11.5 Å². The molecule has 0 saturated heterocycles. The van der Waals surface area contributed by atoms with Gasteiger partial charge in [-0.3, -0.25) is 4.79 Å². The number of rotatable bonds is 5. The maximum absolute atomic E-state index is 12.3. The number of nitrogens with one attached hydrogen (secondary N) is 1. The summed E-state index contributed by atoms with van der Waals surface area (Å²) in [6, 6.07) is 8.31. The van der Waals surface area contributed by atoms with Crippen molar-refractivity contribution < 1.29 is 18.7 Å². The first-order chi connectivity index (χ1) is 13.5. The number of carbonyl (C=O) groups is 1. The molecule has 3 aromatic rings. The maximum atomic E-state index is 12.3. The largest absolute Gasteiger partial charge is 0.493 e. The van der Waals surface area contributed by atoms with Crippen LogP contribution >= 0.6 is 0 Å². The van der Waals surface area contributed by atoms with E-state index in [0.717, 1.165) is 0 Å². The number of ether oxygens (including phenoxy) is 2. The third-order valence-corrected chi connectivity index (χ3v) is 4.59. The predicted octanol–water partition coefficient (Wildman–Crippen LogP) is 2.33. The van der Waals surface area contributed by atoms with Gasteiger partial charge in [0.1, 0.15) is 6.04 Å². The van der Waals surface area contributed by atoms with E-state index in [2.05, 4.69) is 15.4 Å². The number of aromatic nitrogens is 3. The Bertz CT molecular complexity index is 1070. The number of benzene rings is 1. The van der Waals surface area contributed by atoms with Crippen LogP contribution in [0, 0.1) is 0 Å². The number of nitrogens with zero attached hydrogens (tertiary/aromatic N) is 3. The Kier molecular flexibility index (Phi) is 4.26. The molecule has 4 rings (SSSR count). The second-order valence-corrected chi connectivity index (χ2v) is 6.19. The fraction of sp³-hybridized carbons (Fsp3) is 0.211. The minimum absolute atomic E-state index is 0.356. The number of nitrogens with two attached hydrogens (primary N) is 1. The molecule has 1 aliphatic rings. The lowest BCUT2D eigenvalue weighted by Crippen LogP contribution is -2.32. The molecule has 0 radical (unpaired) electrons. The van der Waals surface area contributed by atoms with E-state index >= 15 is 0 Å². The molecule has 1 aliphatic heterocycles. The molecule has 1 amide bonds. The van der Waals surface area contributed by atoms with Crippen molar-refractivity contribution in [3.8, 4) is 23.1 Å². The number of carbonyl (C=O) groups excluding carboxylic acids is 1. The van der Waals surface area contributed by atoms with Crippen LogP contribution in [0.4, 0.5) is 5.95 Å². The molecule has 144 valence electrons. The molecule has 2 aromatic heterocycles. The molecular weight excluding hydrogens is 362 g/mol. The van der Waals surface area contributed by atoms with Gasteiger partial charge in [-0.1, -0.05) is 12.1 Å². The van der Waals surface area contributed by atoms with Crippen LogP contribution < -0.4 is 20.5 Å². The maximum Gasteiger partial charge on any atom is 0.248 e. The van der Waals surface area contributed by atoms with Gasteiger partial charge in [0, 0.05) is 11.3 Å². The van der Waals surface area contributed by atoms with Crippen LogP contribution in [-0.4, -0.2) is 34.9 Å². The molecular formula is C19H19N5O4. The highest BCUT2D eigenvalue weighted by Gasteiger charge is 2.36. The molecule has 1 atom stereocenters. The Morgan fingerprint density at radius 1 is 1.25 bits per heavy atom. The van der Waals surface area contributed by atoms with E-state index in [4.69, 9.17) is 19.6 Å². The molecule has 9 heteroatoms. The van der Waals surface area contributed by atoms with Crippen LogP contribution in [0.25, 0.3) is 11.6 Å². The summed E-state index contributed by atoms with van der Waals surface area (Å²) < 4.78 is 18.0. The second-order valence-electron chi connectivity index (χ2n) is 6.19. The summed E-state index contributed by atoms with van der Waals surface area (Å²) in [7, 11) is 3.09. The lowest BCUT2D eigenvalue weighted by molar-refractivity contribution is -0.115. The number of primary amides is 1. The lowest BCUT2D eigenvalue weighted by Gasteiger charge is -2.29. The van der Waals surface area contributed by atoms with Crippen molar-refractivity contribution in [2.24, 2.45) is 5.73 Å². The highest BCUT2D eigenvalue weighted by atomic mass is 16.5. The second kappa shape index (κ2) is 6.76. The molecule has 1 unspecified atom stereocenters. The van der Waals surface area contributed by atoms with E-state index in [0.29, 0.717) is 45.9 Å². The summed E-state index contributed by atoms with van der Waals surface area (Å²) in [5.74, 6) is 1.82. The summed E-state index contributed by atoms with van der Waals surface area (Å²) in [6.45, 7) is 1.77. The summed E-state index contributed by atoms with van der Waals surface area (Å²) >= 11 is 0. The van der Waals surface area contributed by atoms with Gasteiger partial charge >= 0.3 is 0 Å². The molecule has 0 bridgehead atoms. The number of fused-ring (bicyclic) bond motifs is 1. The van der Waals surface area contributed by atoms with Crippen molar-refractivity contribution in [3.05, 3.63) is 53.4 Å². The van der Waals surface area contributed by atoms with E-state index < -0.39 is 11.9 Å². The molecule has 0 aliphatic carbocycles. The zero-order chi connectivity index (χ0) is 19.8. The topological polar surface area (TPSA) is 117 Å². The van der Waals surface area contributed by atoms with Crippen molar-refractivity contribution in [2.45, 2.75) is 13.0 Å². The van der Waals surface area contributed by atoms with Crippen LogP contribution in [0.2, 0.25) is 0 Å². The zero-order valence-corrected chi connectivity index (χ0v) is 15.6. The van der Waals surface area contributed by atoms with Gasteiger partial charge < -0.3 is 24.9 Å². The highest BCUT2D eigenvalue weighted by molar-refractivity contribution is 5.95. The number of hydrogen-bond acceptors (Lipinski definition) is 7. The fourth-order valence-corrected chi connectivity index (χ4v) is 3.40. The molecule has 28 heavy (non-hydrogen) atoms. The van der Waals surface area contributed by atoms with Crippen molar-refractivity contribution in [1.82, 2.24) is 14.8 Å². The van der Waals surface area contributed by atoms with Gasteiger partial charge in [-0.05, 0) is 25.1 Å². The smallest absolute Gasteiger partial charge is 0.248 e. The van der Waals surface area contributed by atoms with Gasteiger partial charge in [-0.25, -0.2) is 4.68 Å². The average molecular weight is 381 g/mol. The molecule has 9 nitrogen and oxygen atoms in total. The molecule has 0 spiro atoms. The van der Waals surface area contributed by atoms with Crippen molar-refractivity contribution in [2.75, 3.05) is 19.5 Å². The van der Waals surface area contributed by atoms with Gasteiger partial charge in [-0.15, -0.1) is 5.10 Å². The fourth-order valence-electron chi connectivity index (χ4n) is 3.40. The summed E-state index contributed by atoms with van der Waals surface area (Å²) in [5, 5.41) is 7.65. The van der Waals surface area contributed by atoms with Crippen LogP contribution in [-0.2, 0) is 4.79 Å². The van der Waals surface area contributed by atoms with E-state index in [1.165, 1.54) is 0 Å². The Labute approximate surface area is 160 Å². The standard InChI is InChI=1S/C19H19N5O4/c1-10-14(17(20)25)15(11-6-4-7-12(26-2)16(11)27-3)24-19(21-10)22-18(23-24)13-8-5-9-28-13/h4-9,15H,1-3H3,(H2,20,25)(H,21,22,23). The third-order valence-electron chi connectivity index (χ3n) is 4.59. The minimum atomic E-state index is -0.644. The third kappa shape index (κ3) is 2.68. The number of amides is 1. The minimum Gasteiger partial charge on any atom is -0.493 e. The number of anilines is 1. The number of methoxy groups -OCH3 is 2. The SMILES string of the molecule is COc1cccc(C2C(C(N)=O)=C(C)Nc3nc(-c4ccco4)nn32)c1OC. The van der Waals surface area contributed by atoms with E-state index in [-0.39, 0.29) is 0 Å². The first-order valence-electron chi connectivity index (χ1n) is 8.54. The number of hydrogen-bond donors (Lipinski definition) is 2. The van der Waals surface area contributed by atoms with Gasteiger partial charge in [0.05, 0.1) is 26.1 Å². The van der Waals surface area contributed by atoms with Crippen LogP contribution in [0.15, 0.2) is 52.3 Å². The predicted molar refractivity (Wildman–Crippen MR) is 101 cm³/mol. The quantitative estimate of drug-likeness (QED) is 0.696. The Balaban J connectivity index is 1.95. The number of allylic oxidation sites excluding steroid dienone is 1. The number of para-hydroxylation sites is 1. The zero-order valence-electron chi connectivity index (χ0n) is 15.6. The molecule has 0 fully saturated rings. The van der Waals surface area contributed by atoms with E-state index in [1.54, 1.807) is 50.3 Å². The first-order valence-corrected chi connectivity index (χ1v) is 8.54. The van der Waals surface area contributed by atoms with E-state index in [9.17, 15) is 4.79 Å². The van der Waals surface area contributed by atoms with Gasteiger partial charge in [0.25, 0.3) is 0 Å².